The maximum atomic E-state index is 11.4. The number of halogens is 1. The molecule has 2 rings (SSSR count). The SMILES string of the molecule is CC(=N)c1ccc(OCC(=O)NCCNC=O)c(Cl)c1.CC(C)Cc1ccc(OCCCNC(C)C)cc1.CCCC(N)=O. The first-order valence-corrected chi connectivity index (χ1v) is 15.4. The molecule has 0 aliphatic heterocycles. The van der Waals surface area contributed by atoms with Crippen molar-refractivity contribution in [3.63, 3.8) is 0 Å². The van der Waals surface area contributed by atoms with E-state index in [1.165, 1.54) is 5.56 Å². The number of rotatable bonds is 18. The number of carbonyl (C=O) groups excluding carboxylic acids is 3. The minimum absolute atomic E-state index is 0.163. The number of nitrogens with two attached hydrogens (primary N) is 1. The van der Waals surface area contributed by atoms with Crippen molar-refractivity contribution in [1.82, 2.24) is 16.0 Å². The van der Waals surface area contributed by atoms with Crippen LogP contribution in [0.3, 0.4) is 0 Å². The van der Waals surface area contributed by atoms with Crippen molar-refractivity contribution in [2.45, 2.75) is 73.3 Å². The number of amides is 3. The molecule has 6 N–H and O–H groups in total. The van der Waals surface area contributed by atoms with Crippen LogP contribution in [-0.4, -0.2) is 62.8 Å². The van der Waals surface area contributed by atoms with Crippen molar-refractivity contribution in [1.29, 1.82) is 5.41 Å². The normalized spacial score (nSPS) is 10.1. The van der Waals surface area contributed by atoms with Gasteiger partial charge in [0.15, 0.2) is 6.61 Å². The Balaban J connectivity index is 0.000000713. The number of carbonyl (C=O) groups is 3. The van der Waals surface area contributed by atoms with Gasteiger partial charge in [0.05, 0.1) is 11.6 Å². The average molecular weight is 634 g/mol. The molecule has 10 nitrogen and oxygen atoms in total. The summed E-state index contributed by atoms with van der Waals surface area (Å²) in [6.45, 7) is 14.7. The van der Waals surface area contributed by atoms with E-state index in [1.807, 2.05) is 6.92 Å². The zero-order chi connectivity index (χ0) is 33.3. The number of nitrogens with one attached hydrogen (secondary N) is 4. The minimum Gasteiger partial charge on any atom is -0.494 e. The standard InChI is InChI=1S/C16H27NO.C13H16ClN3O3.C4H9NO/c1-13(2)12-15-6-8-16(9-7-15)18-11-5-10-17-14(3)4;1-9(15)10-2-3-12(11(14)6-10)20-7-13(19)17-5-4-16-8-18;1-2-3-4(5)6/h6-9,13-14,17H,5,10-12H2,1-4H3;2-3,6,8,15H,4-5,7H2,1H3,(H,16,18)(H,17,19);2-3H2,1H3,(H2,5,6). The lowest BCUT2D eigenvalue weighted by Crippen LogP contribution is -2.34. The van der Waals surface area contributed by atoms with Crippen molar-refractivity contribution in [3.8, 4) is 11.5 Å². The highest BCUT2D eigenvalue weighted by molar-refractivity contribution is 6.32. The number of hydrogen-bond donors (Lipinski definition) is 5. The third kappa shape index (κ3) is 22.0. The third-order valence-corrected chi connectivity index (χ3v) is 5.90. The molecule has 0 saturated heterocycles. The van der Waals surface area contributed by atoms with Crippen LogP contribution in [0.5, 0.6) is 11.5 Å². The molecule has 0 spiro atoms. The van der Waals surface area contributed by atoms with E-state index in [0.29, 0.717) is 59.9 Å². The Hall–Kier alpha value is -3.63. The largest absolute Gasteiger partial charge is 0.494 e. The summed E-state index contributed by atoms with van der Waals surface area (Å²) in [4.78, 5) is 31.3. The van der Waals surface area contributed by atoms with Gasteiger partial charge in [-0.3, -0.25) is 14.4 Å². The van der Waals surface area contributed by atoms with Gasteiger partial charge in [-0.05, 0) is 80.1 Å². The van der Waals surface area contributed by atoms with Gasteiger partial charge in [0, 0.05) is 31.3 Å². The highest BCUT2D eigenvalue weighted by Crippen LogP contribution is 2.25. The van der Waals surface area contributed by atoms with Crippen LogP contribution in [0.4, 0.5) is 0 Å². The number of benzene rings is 2. The van der Waals surface area contributed by atoms with Crippen LogP contribution < -0.4 is 31.2 Å². The third-order valence-electron chi connectivity index (χ3n) is 5.60. The Morgan fingerprint density at radius 1 is 1.02 bits per heavy atom. The number of ether oxygens (including phenoxy) is 2. The van der Waals surface area contributed by atoms with Crippen LogP contribution in [-0.2, 0) is 20.8 Å². The summed E-state index contributed by atoms with van der Waals surface area (Å²) >= 11 is 6.00. The number of hydrogen-bond acceptors (Lipinski definition) is 7. The maximum absolute atomic E-state index is 11.4. The second kappa shape index (κ2) is 24.8. The zero-order valence-electron chi connectivity index (χ0n) is 27.1. The predicted molar refractivity (Wildman–Crippen MR) is 179 cm³/mol. The van der Waals surface area contributed by atoms with Gasteiger partial charge in [-0.15, -0.1) is 0 Å². The summed E-state index contributed by atoms with van der Waals surface area (Å²) in [5, 5.41) is 16.2. The molecule has 0 radical (unpaired) electrons. The Morgan fingerprint density at radius 3 is 2.20 bits per heavy atom. The second-order valence-corrected chi connectivity index (χ2v) is 11.2. The van der Waals surface area contributed by atoms with E-state index >= 15 is 0 Å². The second-order valence-electron chi connectivity index (χ2n) is 10.7. The van der Waals surface area contributed by atoms with Gasteiger partial charge < -0.3 is 36.6 Å². The highest BCUT2D eigenvalue weighted by Gasteiger charge is 2.07. The molecule has 0 fully saturated rings. The molecule has 44 heavy (non-hydrogen) atoms. The molecule has 2 aromatic carbocycles. The van der Waals surface area contributed by atoms with Gasteiger partial charge in [-0.25, -0.2) is 0 Å². The van der Waals surface area contributed by atoms with Gasteiger partial charge in [0.2, 0.25) is 12.3 Å². The molecular weight excluding hydrogens is 582 g/mol. The van der Waals surface area contributed by atoms with E-state index in [2.05, 4.69) is 67.9 Å². The van der Waals surface area contributed by atoms with Crippen molar-refractivity contribution >= 4 is 35.5 Å². The molecule has 0 saturated carbocycles. The molecule has 0 aromatic heterocycles. The highest BCUT2D eigenvalue weighted by atomic mass is 35.5. The zero-order valence-corrected chi connectivity index (χ0v) is 27.9. The fraction of sp³-hybridized carbons (Fsp3) is 0.515. The first-order chi connectivity index (χ1) is 20.9. The summed E-state index contributed by atoms with van der Waals surface area (Å²) in [7, 11) is 0. The van der Waals surface area contributed by atoms with E-state index in [0.717, 1.165) is 38.2 Å². The van der Waals surface area contributed by atoms with E-state index in [9.17, 15) is 14.4 Å². The van der Waals surface area contributed by atoms with Gasteiger partial charge in [0.25, 0.3) is 5.91 Å². The van der Waals surface area contributed by atoms with Gasteiger partial charge in [0.1, 0.15) is 11.5 Å². The summed E-state index contributed by atoms with van der Waals surface area (Å²) in [6.07, 6.45) is 4.12. The van der Waals surface area contributed by atoms with Crippen molar-refractivity contribution in [2.75, 3.05) is 32.8 Å². The molecule has 0 atom stereocenters. The first-order valence-electron chi connectivity index (χ1n) is 15.0. The molecule has 11 heteroatoms. The number of primary amides is 1. The maximum Gasteiger partial charge on any atom is 0.258 e. The Morgan fingerprint density at radius 2 is 1.70 bits per heavy atom. The van der Waals surface area contributed by atoms with E-state index in [1.54, 1.807) is 25.1 Å². The summed E-state index contributed by atoms with van der Waals surface area (Å²) in [6, 6.07) is 14.0. The predicted octanol–water partition coefficient (Wildman–Crippen LogP) is 4.89. The molecule has 0 aliphatic rings. The van der Waals surface area contributed by atoms with Gasteiger partial charge in [-0.1, -0.05) is 58.4 Å². The van der Waals surface area contributed by atoms with Crippen molar-refractivity contribution in [2.24, 2.45) is 11.7 Å². The smallest absolute Gasteiger partial charge is 0.258 e. The fourth-order valence-electron chi connectivity index (χ4n) is 3.47. The monoisotopic (exact) mass is 633 g/mol. The summed E-state index contributed by atoms with van der Waals surface area (Å²) < 4.78 is 11.0. The molecule has 0 aliphatic carbocycles. The van der Waals surface area contributed by atoms with Crippen LogP contribution >= 0.6 is 11.6 Å². The van der Waals surface area contributed by atoms with Crippen LogP contribution in [0.2, 0.25) is 5.02 Å². The fourth-order valence-corrected chi connectivity index (χ4v) is 3.71. The molecule has 3 amide bonds. The van der Waals surface area contributed by atoms with Gasteiger partial charge in [-0.2, -0.15) is 0 Å². The Labute approximate surface area is 268 Å². The topological polar surface area (TPSA) is 156 Å². The lowest BCUT2D eigenvalue weighted by atomic mass is 10.0. The van der Waals surface area contributed by atoms with Crippen LogP contribution in [0.25, 0.3) is 0 Å². The molecule has 0 heterocycles. The Bertz CT molecular complexity index is 1110. The van der Waals surface area contributed by atoms with E-state index in [4.69, 9.17) is 32.2 Å². The molecule has 2 aromatic rings. The molecule has 0 unspecified atom stereocenters. The average Bonchev–Trinajstić information content (AvgIpc) is 2.95. The molecular formula is C33H52ClN5O5. The van der Waals surface area contributed by atoms with Gasteiger partial charge >= 0.3 is 0 Å². The van der Waals surface area contributed by atoms with Crippen LogP contribution in [0.1, 0.15) is 71.9 Å². The lowest BCUT2D eigenvalue weighted by Gasteiger charge is -2.10. The molecule has 246 valence electrons. The minimum atomic E-state index is -0.305. The quantitative estimate of drug-likeness (QED) is 0.0894. The van der Waals surface area contributed by atoms with E-state index < -0.39 is 0 Å². The Kier molecular flexibility index (Phi) is 22.7. The molecule has 0 bridgehead atoms. The van der Waals surface area contributed by atoms with E-state index in [-0.39, 0.29) is 18.4 Å². The summed E-state index contributed by atoms with van der Waals surface area (Å²) in [5.74, 6) is 1.56. The summed E-state index contributed by atoms with van der Waals surface area (Å²) in [5.41, 5.74) is 7.25. The van der Waals surface area contributed by atoms with Crippen molar-refractivity contribution in [3.05, 3.63) is 58.6 Å². The lowest BCUT2D eigenvalue weighted by molar-refractivity contribution is -0.123. The van der Waals surface area contributed by atoms with Crippen LogP contribution in [0.15, 0.2) is 42.5 Å². The van der Waals surface area contributed by atoms with Crippen molar-refractivity contribution < 1.29 is 23.9 Å². The van der Waals surface area contributed by atoms with Crippen LogP contribution in [0, 0.1) is 11.3 Å². The first kappa shape index (κ1) is 40.4.